The molecule has 3 aromatic carbocycles. The summed E-state index contributed by atoms with van der Waals surface area (Å²) in [5.41, 5.74) is 5.71. The lowest BCUT2D eigenvalue weighted by molar-refractivity contribution is 0.201. The van der Waals surface area contributed by atoms with Gasteiger partial charge in [0.05, 0.1) is 22.6 Å². The second kappa shape index (κ2) is 12.4. The van der Waals surface area contributed by atoms with Gasteiger partial charge in [0.15, 0.2) is 5.75 Å². The third-order valence-electron chi connectivity index (χ3n) is 9.95. The van der Waals surface area contributed by atoms with Crippen LogP contribution in [0.15, 0.2) is 71.4 Å². The van der Waals surface area contributed by atoms with Crippen molar-refractivity contribution in [3.8, 4) is 11.5 Å². The van der Waals surface area contributed by atoms with Gasteiger partial charge in [-0.3, -0.25) is 0 Å². The van der Waals surface area contributed by atoms with Crippen molar-refractivity contribution in [2.75, 3.05) is 13.2 Å². The Balaban J connectivity index is 0.996. The third kappa shape index (κ3) is 5.85. The molecule has 0 amide bonds. The number of rotatable bonds is 8. The highest BCUT2D eigenvalue weighted by atomic mass is 32.1. The highest BCUT2D eigenvalue weighted by molar-refractivity contribution is 7.20. The molecule has 218 valence electrons. The van der Waals surface area contributed by atoms with E-state index >= 15 is 0 Å². The van der Waals surface area contributed by atoms with Crippen molar-refractivity contribution in [2.24, 2.45) is 11.8 Å². The fraction of sp³-hybridized carbons (Fsp3) is 0.421. The van der Waals surface area contributed by atoms with Crippen LogP contribution in [-0.4, -0.2) is 13.2 Å². The number of fused-ring (bicyclic) bond motifs is 2. The molecule has 2 fully saturated rings. The van der Waals surface area contributed by atoms with Crippen molar-refractivity contribution in [1.82, 2.24) is 0 Å². The Bertz CT molecular complexity index is 1440. The predicted octanol–water partition coefficient (Wildman–Crippen LogP) is 11.4. The highest BCUT2D eigenvalue weighted by Crippen LogP contribution is 2.48. The first-order valence-corrected chi connectivity index (χ1v) is 17.7. The number of ether oxygens (including phenoxy) is 2. The van der Waals surface area contributed by atoms with E-state index in [0.29, 0.717) is 23.7 Å². The van der Waals surface area contributed by atoms with Crippen molar-refractivity contribution in [2.45, 2.75) is 77.0 Å². The topological polar surface area (TPSA) is 18.5 Å². The van der Waals surface area contributed by atoms with Gasteiger partial charge in [0.1, 0.15) is 5.75 Å². The van der Waals surface area contributed by atoms with Crippen LogP contribution in [0.25, 0.3) is 20.2 Å². The zero-order chi connectivity index (χ0) is 28.5. The van der Waals surface area contributed by atoms with Crippen LogP contribution in [0.2, 0.25) is 0 Å². The molecule has 2 nitrogen and oxygen atoms in total. The largest absolute Gasteiger partial charge is 0.492 e. The molecule has 0 atom stereocenters. The van der Waals surface area contributed by atoms with Crippen LogP contribution in [0.4, 0.5) is 0 Å². The van der Waals surface area contributed by atoms with Gasteiger partial charge in [-0.05, 0) is 123 Å². The van der Waals surface area contributed by atoms with Crippen LogP contribution < -0.4 is 9.47 Å². The van der Waals surface area contributed by atoms with E-state index in [4.69, 9.17) is 9.47 Å². The third-order valence-corrected chi connectivity index (χ3v) is 11.8. The van der Waals surface area contributed by atoms with Gasteiger partial charge < -0.3 is 9.47 Å². The van der Waals surface area contributed by atoms with Gasteiger partial charge in [-0.15, -0.1) is 22.7 Å². The number of benzene rings is 3. The summed E-state index contributed by atoms with van der Waals surface area (Å²) in [5, 5.41) is 6.84. The zero-order valence-corrected chi connectivity index (χ0v) is 26.6. The summed E-state index contributed by atoms with van der Waals surface area (Å²) < 4.78 is 15.9. The summed E-state index contributed by atoms with van der Waals surface area (Å²) in [4.78, 5) is 0. The monoisotopic (exact) mass is 594 g/mol. The van der Waals surface area contributed by atoms with E-state index in [-0.39, 0.29) is 0 Å². The summed E-state index contributed by atoms with van der Waals surface area (Å²) in [6.07, 6.45) is 10.0. The molecule has 0 aliphatic heterocycles. The predicted molar refractivity (Wildman–Crippen MR) is 180 cm³/mol. The van der Waals surface area contributed by atoms with Gasteiger partial charge in [-0.25, -0.2) is 0 Å². The van der Waals surface area contributed by atoms with Crippen LogP contribution in [0.5, 0.6) is 11.5 Å². The SMILES string of the molecule is Cc1ccc(C2CCC(COc3c4ccsc4c(OCC4CCC(c5ccc(C)cc5)CC4)c4sccc34)CC2)cc1. The van der Waals surface area contributed by atoms with Crippen molar-refractivity contribution in [3.05, 3.63) is 93.7 Å². The van der Waals surface area contributed by atoms with Crippen LogP contribution in [0, 0.1) is 25.7 Å². The molecular formula is C38H42O2S2. The van der Waals surface area contributed by atoms with E-state index in [2.05, 4.69) is 85.3 Å². The van der Waals surface area contributed by atoms with Crippen molar-refractivity contribution >= 4 is 42.8 Å². The quantitative estimate of drug-likeness (QED) is 0.178. The number of hydrogen-bond acceptors (Lipinski definition) is 4. The van der Waals surface area contributed by atoms with Crippen LogP contribution in [0.1, 0.15) is 85.5 Å². The maximum atomic E-state index is 6.72. The summed E-state index contributed by atoms with van der Waals surface area (Å²) in [7, 11) is 0. The molecule has 0 radical (unpaired) electrons. The van der Waals surface area contributed by atoms with E-state index < -0.39 is 0 Å². The van der Waals surface area contributed by atoms with Crippen LogP contribution >= 0.6 is 22.7 Å². The summed E-state index contributed by atoms with van der Waals surface area (Å²) in [6, 6.07) is 22.8. The molecule has 5 aromatic rings. The fourth-order valence-corrected chi connectivity index (χ4v) is 9.12. The molecule has 0 unspecified atom stereocenters. The minimum absolute atomic E-state index is 0.625. The van der Waals surface area contributed by atoms with Crippen LogP contribution in [-0.2, 0) is 0 Å². The Morgan fingerprint density at radius 1 is 0.524 bits per heavy atom. The lowest BCUT2D eigenvalue weighted by Crippen LogP contribution is -2.20. The molecule has 4 heteroatoms. The minimum atomic E-state index is 0.625. The van der Waals surface area contributed by atoms with Gasteiger partial charge in [0, 0.05) is 10.8 Å². The summed E-state index contributed by atoms with van der Waals surface area (Å²) in [6.45, 7) is 5.96. The molecule has 7 rings (SSSR count). The van der Waals surface area contributed by atoms with Gasteiger partial charge in [0.25, 0.3) is 0 Å². The number of thiophene rings is 2. The van der Waals surface area contributed by atoms with Crippen LogP contribution in [0.3, 0.4) is 0 Å². The molecule has 0 spiro atoms. The second-order valence-electron chi connectivity index (χ2n) is 12.9. The first kappa shape index (κ1) is 28.0. The average Bonchev–Trinajstić information content (AvgIpc) is 3.71. The Morgan fingerprint density at radius 2 is 0.929 bits per heavy atom. The summed E-state index contributed by atoms with van der Waals surface area (Å²) >= 11 is 3.59. The molecule has 2 saturated carbocycles. The molecule has 2 aliphatic rings. The molecule has 0 bridgehead atoms. The zero-order valence-electron chi connectivity index (χ0n) is 24.9. The second-order valence-corrected chi connectivity index (χ2v) is 14.7. The molecule has 42 heavy (non-hydrogen) atoms. The lowest BCUT2D eigenvalue weighted by Gasteiger charge is -2.29. The standard InChI is InChI=1S/C38H42O2S2/c1-25-3-11-29(12-4-25)31-15-7-27(8-16-31)23-39-35-33-19-21-41-37(33)36(38-34(35)20-22-42-38)40-24-28-9-17-32(18-10-28)30-13-5-26(2)6-14-30/h3-6,11-14,19-22,27-28,31-32H,7-10,15-18,23-24H2,1-2H3. The van der Waals surface area contributed by atoms with Crippen molar-refractivity contribution in [1.29, 1.82) is 0 Å². The van der Waals surface area contributed by atoms with Gasteiger partial charge >= 0.3 is 0 Å². The molecular weight excluding hydrogens is 553 g/mol. The van der Waals surface area contributed by atoms with Crippen molar-refractivity contribution in [3.63, 3.8) is 0 Å². The van der Waals surface area contributed by atoms with E-state index in [1.165, 1.54) is 93.8 Å². The van der Waals surface area contributed by atoms with E-state index in [9.17, 15) is 0 Å². The Hall–Kier alpha value is -2.82. The van der Waals surface area contributed by atoms with E-state index in [1.807, 2.05) is 0 Å². The first-order chi connectivity index (χ1) is 20.6. The molecule has 2 aromatic heterocycles. The summed E-state index contributed by atoms with van der Waals surface area (Å²) in [5.74, 6) is 4.79. The highest BCUT2D eigenvalue weighted by Gasteiger charge is 2.26. The lowest BCUT2D eigenvalue weighted by atomic mass is 9.79. The molecule has 0 N–H and O–H groups in total. The molecule has 2 heterocycles. The van der Waals surface area contributed by atoms with E-state index in [1.54, 1.807) is 22.7 Å². The fourth-order valence-electron chi connectivity index (χ4n) is 7.27. The average molecular weight is 595 g/mol. The molecule has 2 aliphatic carbocycles. The van der Waals surface area contributed by atoms with Gasteiger partial charge in [0.2, 0.25) is 0 Å². The van der Waals surface area contributed by atoms with Gasteiger partial charge in [-0.1, -0.05) is 59.7 Å². The maximum absolute atomic E-state index is 6.72. The number of hydrogen-bond donors (Lipinski definition) is 0. The first-order valence-electron chi connectivity index (χ1n) is 15.9. The van der Waals surface area contributed by atoms with Gasteiger partial charge in [-0.2, -0.15) is 0 Å². The Labute approximate surface area is 258 Å². The maximum Gasteiger partial charge on any atom is 0.155 e. The van der Waals surface area contributed by atoms with Crippen molar-refractivity contribution < 1.29 is 9.47 Å². The minimum Gasteiger partial charge on any atom is -0.492 e. The van der Waals surface area contributed by atoms with E-state index in [0.717, 1.165) is 24.7 Å². The number of aryl methyl sites for hydroxylation is 2. The molecule has 0 saturated heterocycles. The Kier molecular flexibility index (Phi) is 8.28. The smallest absolute Gasteiger partial charge is 0.155 e. The normalized spacial score (nSPS) is 22.9. The Morgan fingerprint density at radius 3 is 1.36 bits per heavy atom.